The molecule has 0 saturated carbocycles. The summed E-state index contributed by atoms with van der Waals surface area (Å²) < 4.78 is 0. The van der Waals surface area contributed by atoms with Gasteiger partial charge in [-0.2, -0.15) is 0 Å². The van der Waals surface area contributed by atoms with Crippen LogP contribution in [0, 0.1) is 6.92 Å². The lowest BCUT2D eigenvalue weighted by Gasteiger charge is -2.08. The van der Waals surface area contributed by atoms with Crippen molar-refractivity contribution in [3.05, 3.63) is 83.1 Å². The Morgan fingerprint density at radius 1 is 1.15 bits per heavy atom. The van der Waals surface area contributed by atoms with E-state index in [-0.39, 0.29) is 5.91 Å². The fourth-order valence-corrected chi connectivity index (χ4v) is 3.58. The van der Waals surface area contributed by atoms with Crippen LogP contribution < -0.4 is 5.32 Å². The van der Waals surface area contributed by atoms with E-state index in [1.165, 1.54) is 4.88 Å². The summed E-state index contributed by atoms with van der Waals surface area (Å²) in [6.07, 6.45) is 5.41. The molecule has 1 aromatic carbocycles. The molecule has 3 heterocycles. The monoisotopic (exact) mass is 359 g/mol. The second-order valence-corrected chi connectivity index (χ2v) is 7.05. The highest BCUT2D eigenvalue weighted by molar-refractivity contribution is 7.13. The number of carbonyl (C=O) groups is 1. The average Bonchev–Trinajstić information content (AvgIpc) is 3.21. The summed E-state index contributed by atoms with van der Waals surface area (Å²) in [5, 5.41) is 6.02. The predicted molar refractivity (Wildman–Crippen MR) is 105 cm³/mol. The van der Waals surface area contributed by atoms with Crippen LogP contribution in [0.2, 0.25) is 0 Å². The topological polar surface area (TPSA) is 54.9 Å². The Morgan fingerprint density at radius 2 is 2.08 bits per heavy atom. The molecule has 4 nitrogen and oxygen atoms in total. The summed E-state index contributed by atoms with van der Waals surface area (Å²) in [5.74, 6) is -0.100. The molecular weight excluding hydrogens is 342 g/mol. The van der Waals surface area contributed by atoms with Gasteiger partial charge >= 0.3 is 0 Å². The predicted octanol–water partition coefficient (Wildman–Crippen LogP) is 4.60. The van der Waals surface area contributed by atoms with Crippen molar-refractivity contribution in [2.75, 3.05) is 0 Å². The molecule has 128 valence electrons. The number of thiophene rings is 1. The summed E-state index contributed by atoms with van der Waals surface area (Å²) in [6, 6.07) is 13.7. The molecular formula is C21H17N3OS. The largest absolute Gasteiger partial charge is 0.348 e. The van der Waals surface area contributed by atoms with Crippen molar-refractivity contribution in [2.45, 2.75) is 13.5 Å². The van der Waals surface area contributed by atoms with E-state index in [1.54, 1.807) is 23.7 Å². The number of nitrogens with zero attached hydrogens (tertiary/aromatic N) is 2. The molecule has 0 saturated heterocycles. The molecule has 1 amide bonds. The van der Waals surface area contributed by atoms with Gasteiger partial charge in [0.25, 0.3) is 5.91 Å². The van der Waals surface area contributed by atoms with Crippen LogP contribution in [-0.2, 0) is 6.54 Å². The van der Waals surface area contributed by atoms with Crippen LogP contribution in [0.1, 0.15) is 21.5 Å². The van der Waals surface area contributed by atoms with Crippen molar-refractivity contribution < 1.29 is 4.79 Å². The van der Waals surface area contributed by atoms with Crippen LogP contribution in [0.25, 0.3) is 21.3 Å². The van der Waals surface area contributed by atoms with Gasteiger partial charge in [-0.3, -0.25) is 14.8 Å². The summed E-state index contributed by atoms with van der Waals surface area (Å²) in [5.41, 5.74) is 4.69. The number of aromatic nitrogens is 2. The molecule has 1 N–H and O–H groups in total. The van der Waals surface area contributed by atoms with Crippen molar-refractivity contribution in [1.29, 1.82) is 0 Å². The first-order valence-corrected chi connectivity index (χ1v) is 9.20. The van der Waals surface area contributed by atoms with Crippen molar-refractivity contribution >= 4 is 28.1 Å². The lowest BCUT2D eigenvalue weighted by molar-refractivity contribution is 0.0951. The molecule has 0 spiro atoms. The molecule has 3 aromatic heterocycles. The maximum absolute atomic E-state index is 12.5. The van der Waals surface area contributed by atoms with Gasteiger partial charge in [0, 0.05) is 46.5 Å². The number of fused-ring (bicyclic) bond motifs is 1. The van der Waals surface area contributed by atoms with E-state index in [2.05, 4.69) is 27.4 Å². The zero-order valence-corrected chi connectivity index (χ0v) is 15.1. The van der Waals surface area contributed by atoms with Gasteiger partial charge in [-0.05, 0) is 59.8 Å². The molecule has 4 rings (SSSR count). The fourth-order valence-electron chi connectivity index (χ4n) is 2.87. The van der Waals surface area contributed by atoms with E-state index in [0.717, 1.165) is 27.6 Å². The zero-order chi connectivity index (χ0) is 17.9. The van der Waals surface area contributed by atoms with E-state index in [0.29, 0.717) is 12.1 Å². The molecule has 4 aromatic rings. The van der Waals surface area contributed by atoms with Gasteiger partial charge in [-0.1, -0.05) is 6.07 Å². The highest BCUT2D eigenvalue weighted by atomic mass is 32.1. The molecule has 0 radical (unpaired) electrons. The molecule has 0 fully saturated rings. The lowest BCUT2D eigenvalue weighted by atomic mass is 10.1. The molecule has 26 heavy (non-hydrogen) atoms. The van der Waals surface area contributed by atoms with Gasteiger partial charge in [0.15, 0.2) is 0 Å². The van der Waals surface area contributed by atoms with Gasteiger partial charge in [-0.15, -0.1) is 11.3 Å². The van der Waals surface area contributed by atoms with Crippen LogP contribution in [0.15, 0.2) is 66.4 Å². The van der Waals surface area contributed by atoms with Crippen molar-refractivity contribution in [3.63, 3.8) is 0 Å². The third-order valence-corrected chi connectivity index (χ3v) is 5.19. The molecule has 0 aliphatic heterocycles. The van der Waals surface area contributed by atoms with Crippen molar-refractivity contribution in [3.8, 4) is 10.4 Å². The molecule has 0 aliphatic carbocycles. The minimum absolute atomic E-state index is 0.100. The third-order valence-electron chi connectivity index (χ3n) is 4.28. The standard InChI is InChI=1S/C21H17N3OS/c1-14-6-7-23-19-5-4-16(10-18(14)19)21(25)24-12-15-9-17(13-22-11-15)20-3-2-8-26-20/h2-11,13H,12H2,1H3,(H,24,25). The number of benzene rings is 1. The Kier molecular flexibility index (Phi) is 4.46. The van der Waals surface area contributed by atoms with Crippen molar-refractivity contribution in [2.24, 2.45) is 0 Å². The first kappa shape index (κ1) is 16.4. The zero-order valence-electron chi connectivity index (χ0n) is 14.3. The molecule has 0 unspecified atom stereocenters. The second kappa shape index (κ2) is 7.06. The number of carbonyl (C=O) groups excluding carboxylic acids is 1. The first-order chi connectivity index (χ1) is 12.7. The van der Waals surface area contributed by atoms with E-state index in [4.69, 9.17) is 0 Å². The van der Waals surface area contributed by atoms with Gasteiger partial charge in [0.1, 0.15) is 0 Å². The van der Waals surface area contributed by atoms with Crippen LogP contribution in [-0.4, -0.2) is 15.9 Å². The number of pyridine rings is 2. The highest BCUT2D eigenvalue weighted by Gasteiger charge is 2.08. The molecule has 0 bridgehead atoms. The maximum atomic E-state index is 12.5. The Hall–Kier alpha value is -3.05. The first-order valence-electron chi connectivity index (χ1n) is 8.32. The number of nitrogens with one attached hydrogen (secondary N) is 1. The van der Waals surface area contributed by atoms with E-state index in [1.807, 2.05) is 48.8 Å². The Labute approximate surface area is 155 Å². The Bertz CT molecular complexity index is 1070. The van der Waals surface area contributed by atoms with Crippen LogP contribution >= 0.6 is 11.3 Å². The van der Waals surface area contributed by atoms with E-state index in [9.17, 15) is 4.79 Å². The van der Waals surface area contributed by atoms with Crippen LogP contribution in [0.5, 0.6) is 0 Å². The smallest absolute Gasteiger partial charge is 0.251 e. The maximum Gasteiger partial charge on any atom is 0.251 e. The Morgan fingerprint density at radius 3 is 2.92 bits per heavy atom. The highest BCUT2D eigenvalue weighted by Crippen LogP contribution is 2.24. The Balaban J connectivity index is 1.51. The second-order valence-electron chi connectivity index (χ2n) is 6.10. The number of hydrogen-bond donors (Lipinski definition) is 1. The number of rotatable bonds is 4. The average molecular weight is 359 g/mol. The summed E-state index contributed by atoms with van der Waals surface area (Å²) in [4.78, 5) is 22.3. The number of aryl methyl sites for hydroxylation is 1. The van der Waals surface area contributed by atoms with Gasteiger partial charge in [0.05, 0.1) is 5.52 Å². The SMILES string of the molecule is Cc1ccnc2ccc(C(=O)NCc3cncc(-c4cccs4)c3)cc12. The van der Waals surface area contributed by atoms with Crippen molar-refractivity contribution in [1.82, 2.24) is 15.3 Å². The lowest BCUT2D eigenvalue weighted by Crippen LogP contribution is -2.22. The van der Waals surface area contributed by atoms with Crippen LogP contribution in [0.4, 0.5) is 0 Å². The quantitative estimate of drug-likeness (QED) is 0.579. The summed E-state index contributed by atoms with van der Waals surface area (Å²) in [6.45, 7) is 2.46. The third kappa shape index (κ3) is 3.34. The van der Waals surface area contributed by atoms with Gasteiger partial charge in [-0.25, -0.2) is 0 Å². The summed E-state index contributed by atoms with van der Waals surface area (Å²) in [7, 11) is 0. The van der Waals surface area contributed by atoms with E-state index < -0.39 is 0 Å². The van der Waals surface area contributed by atoms with E-state index >= 15 is 0 Å². The molecule has 5 heteroatoms. The van der Waals surface area contributed by atoms with Gasteiger partial charge < -0.3 is 5.32 Å². The fraction of sp³-hybridized carbons (Fsp3) is 0.0952. The number of amides is 1. The van der Waals surface area contributed by atoms with Gasteiger partial charge in [0.2, 0.25) is 0 Å². The normalized spacial score (nSPS) is 10.8. The van der Waals surface area contributed by atoms with Crippen LogP contribution in [0.3, 0.4) is 0 Å². The minimum atomic E-state index is -0.100. The summed E-state index contributed by atoms with van der Waals surface area (Å²) >= 11 is 1.68. The molecule has 0 aliphatic rings. The minimum Gasteiger partial charge on any atom is -0.348 e. The molecule has 0 atom stereocenters. The number of hydrogen-bond acceptors (Lipinski definition) is 4.